The van der Waals surface area contributed by atoms with Crippen molar-refractivity contribution in [3.05, 3.63) is 263 Å². The topological polar surface area (TPSA) is 52.9 Å². The van der Waals surface area contributed by atoms with Crippen LogP contribution >= 0.6 is 0 Å². The van der Waals surface area contributed by atoms with Crippen molar-refractivity contribution in [3.8, 4) is 22.4 Å². The number of hydrogen-bond acceptors (Lipinski definition) is 5. The van der Waals surface area contributed by atoms with E-state index in [1.54, 1.807) is 0 Å². The fourth-order valence-electron chi connectivity index (χ4n) is 10.6. The molecule has 1 aromatic heterocycles. The smallest absolute Gasteiger partial charge is 0.159 e. The summed E-state index contributed by atoms with van der Waals surface area (Å²) in [7, 11) is 0. The Morgan fingerprint density at radius 1 is 0.438 bits per heavy atom. The third kappa shape index (κ3) is 5.41. The van der Waals surface area contributed by atoms with E-state index >= 15 is 0 Å². The number of rotatable bonds is 5. The average molecular weight is 818 g/mol. The summed E-state index contributed by atoms with van der Waals surface area (Å²) in [6.07, 6.45) is -0.302. The summed E-state index contributed by atoms with van der Waals surface area (Å²) in [5.41, 5.74) is 16.4. The van der Waals surface area contributed by atoms with Crippen LogP contribution in [-0.2, 0) is 5.41 Å². The monoisotopic (exact) mass is 817 g/mol. The summed E-state index contributed by atoms with van der Waals surface area (Å²) < 4.78 is 0. The van der Waals surface area contributed by atoms with Crippen molar-refractivity contribution in [1.82, 2.24) is 10.3 Å². The van der Waals surface area contributed by atoms with Crippen molar-refractivity contribution in [2.45, 2.75) is 11.6 Å². The van der Waals surface area contributed by atoms with Gasteiger partial charge in [0.1, 0.15) is 12.0 Å². The molecule has 9 aromatic carbocycles. The minimum Gasteiger partial charge on any atom is -0.344 e. The number of pyridine rings is 1. The Bertz CT molecular complexity index is 3500. The van der Waals surface area contributed by atoms with Gasteiger partial charge in [0, 0.05) is 33.2 Å². The van der Waals surface area contributed by atoms with Crippen LogP contribution in [0.5, 0.6) is 0 Å². The number of nitrogens with zero attached hydrogens (tertiary/aromatic N) is 4. The highest BCUT2D eigenvalue weighted by atomic mass is 15.2. The zero-order valence-electron chi connectivity index (χ0n) is 34.7. The minimum absolute atomic E-state index is 0.302. The molecule has 1 atom stereocenters. The Labute approximate surface area is 371 Å². The number of anilines is 3. The summed E-state index contributed by atoms with van der Waals surface area (Å²) in [6.45, 7) is 0. The van der Waals surface area contributed by atoms with Crippen LogP contribution in [0.1, 0.15) is 45.1 Å². The number of nitrogens with one attached hydrogen (secondary N) is 1. The fraction of sp³-hybridized carbons (Fsp3) is 0.0339. The average Bonchev–Trinajstić information content (AvgIpc) is 3.67. The van der Waals surface area contributed by atoms with Crippen LogP contribution in [0.4, 0.5) is 17.1 Å². The van der Waals surface area contributed by atoms with Crippen LogP contribution in [0.25, 0.3) is 44.1 Å². The van der Waals surface area contributed by atoms with Gasteiger partial charge < -0.3 is 10.2 Å². The first kappa shape index (κ1) is 36.3. The van der Waals surface area contributed by atoms with Gasteiger partial charge in [-0.05, 0) is 86.8 Å². The molecule has 0 radical (unpaired) electrons. The highest BCUT2D eigenvalue weighted by Gasteiger charge is 2.51. The maximum atomic E-state index is 5.53. The van der Waals surface area contributed by atoms with Gasteiger partial charge in [-0.3, -0.25) is 0 Å². The standard InChI is InChI=1S/C59H39N5/c1-4-19-38(20-5-1)56-61-57(39-21-6-2-7-22-39)63-58(62-56)41-24-18-23-40(35-41)55-47-37-54-51(36-46(47)45-29-12-16-33-52(45)60-55)59(48-30-13-10-27-43(48)44-28-11-14-31-49(44)59)50-32-15-17-34-53(50)64(54)42-25-8-3-9-26-42/h1-37,56H,(H,61,62,63). The minimum atomic E-state index is -0.568. The molecule has 5 nitrogen and oxygen atoms in total. The van der Waals surface area contributed by atoms with E-state index in [-0.39, 0.29) is 6.17 Å². The van der Waals surface area contributed by atoms with Crippen molar-refractivity contribution in [2.75, 3.05) is 4.90 Å². The van der Waals surface area contributed by atoms with E-state index in [0.29, 0.717) is 5.84 Å². The van der Waals surface area contributed by atoms with Gasteiger partial charge in [-0.25, -0.2) is 15.0 Å². The van der Waals surface area contributed by atoms with Gasteiger partial charge in [-0.15, -0.1) is 0 Å². The highest BCUT2D eigenvalue weighted by molar-refractivity contribution is 6.16. The molecular formula is C59H39N5. The van der Waals surface area contributed by atoms with E-state index in [9.17, 15) is 0 Å². The zero-order valence-corrected chi connectivity index (χ0v) is 34.7. The van der Waals surface area contributed by atoms with Gasteiger partial charge in [0.25, 0.3) is 0 Å². The maximum Gasteiger partial charge on any atom is 0.159 e. The molecule has 3 heterocycles. The normalized spacial score (nSPS) is 15.4. The predicted octanol–water partition coefficient (Wildman–Crippen LogP) is 13.7. The first-order valence-corrected chi connectivity index (χ1v) is 21.9. The van der Waals surface area contributed by atoms with Crippen LogP contribution in [0.2, 0.25) is 0 Å². The van der Waals surface area contributed by atoms with E-state index in [1.165, 1.54) is 33.4 Å². The molecule has 0 amide bonds. The lowest BCUT2D eigenvalue weighted by molar-refractivity contribution is 0.674. The third-order valence-electron chi connectivity index (χ3n) is 13.3. The lowest BCUT2D eigenvalue weighted by Crippen LogP contribution is -2.36. The molecule has 3 aliphatic rings. The summed E-state index contributed by atoms with van der Waals surface area (Å²) in [4.78, 5) is 18.3. The number of aromatic nitrogens is 1. The van der Waals surface area contributed by atoms with E-state index in [4.69, 9.17) is 15.0 Å². The molecule has 5 heteroatoms. The quantitative estimate of drug-likeness (QED) is 0.176. The molecule has 2 aliphatic heterocycles. The molecule has 13 rings (SSSR count). The van der Waals surface area contributed by atoms with Gasteiger partial charge in [-0.1, -0.05) is 182 Å². The van der Waals surface area contributed by atoms with Gasteiger partial charge in [-0.2, -0.15) is 0 Å². The number of amidine groups is 2. The SMILES string of the molecule is c1ccc(C2=NC(c3ccccc3)NC(c3cccc(-c4nc5ccccc5c5cc6c(cc45)N(c4ccccc4)c4ccccc4C64c5ccccc5-c5ccccc54)c3)=N2)cc1. The summed E-state index contributed by atoms with van der Waals surface area (Å²) in [6, 6.07) is 80.6. The molecule has 0 fully saturated rings. The second kappa shape index (κ2) is 14.3. The zero-order chi connectivity index (χ0) is 42.2. The highest BCUT2D eigenvalue weighted by Crippen LogP contribution is 2.64. The molecule has 1 aliphatic carbocycles. The molecule has 1 N–H and O–H groups in total. The number of fused-ring (bicyclic) bond motifs is 12. The van der Waals surface area contributed by atoms with Crippen molar-refractivity contribution >= 4 is 50.4 Å². The number of hydrogen-bond donors (Lipinski definition) is 1. The molecule has 1 unspecified atom stereocenters. The number of para-hydroxylation sites is 3. The second-order valence-electron chi connectivity index (χ2n) is 16.7. The summed E-state index contributed by atoms with van der Waals surface area (Å²) in [5.74, 6) is 1.46. The molecule has 0 bridgehead atoms. The van der Waals surface area contributed by atoms with Gasteiger partial charge in [0.15, 0.2) is 5.84 Å². The maximum absolute atomic E-state index is 5.53. The van der Waals surface area contributed by atoms with Gasteiger partial charge in [0.2, 0.25) is 0 Å². The molecule has 10 aromatic rings. The van der Waals surface area contributed by atoms with Gasteiger partial charge in [0.05, 0.1) is 28.0 Å². The summed E-state index contributed by atoms with van der Waals surface area (Å²) in [5, 5.41) is 7.05. The van der Waals surface area contributed by atoms with E-state index in [2.05, 4.69) is 210 Å². The van der Waals surface area contributed by atoms with E-state index < -0.39 is 5.41 Å². The van der Waals surface area contributed by atoms with Crippen molar-refractivity contribution in [3.63, 3.8) is 0 Å². The van der Waals surface area contributed by atoms with Crippen molar-refractivity contribution in [1.29, 1.82) is 0 Å². The van der Waals surface area contributed by atoms with Crippen molar-refractivity contribution in [2.24, 2.45) is 9.98 Å². The first-order chi connectivity index (χ1) is 31.7. The largest absolute Gasteiger partial charge is 0.344 e. The molecule has 0 saturated carbocycles. The van der Waals surface area contributed by atoms with E-state index in [1.807, 2.05) is 24.3 Å². The first-order valence-electron chi connectivity index (χ1n) is 21.9. The molecule has 64 heavy (non-hydrogen) atoms. The second-order valence-corrected chi connectivity index (χ2v) is 16.7. The van der Waals surface area contributed by atoms with Crippen LogP contribution in [0.15, 0.2) is 234 Å². The van der Waals surface area contributed by atoms with E-state index in [0.717, 1.165) is 72.5 Å². The van der Waals surface area contributed by atoms with Gasteiger partial charge >= 0.3 is 0 Å². The Balaban J connectivity index is 1.08. The predicted molar refractivity (Wildman–Crippen MR) is 262 cm³/mol. The molecular weight excluding hydrogens is 779 g/mol. The van der Waals surface area contributed by atoms with Crippen LogP contribution in [-0.4, -0.2) is 16.7 Å². The van der Waals surface area contributed by atoms with Crippen molar-refractivity contribution < 1.29 is 0 Å². The van der Waals surface area contributed by atoms with Crippen LogP contribution in [0.3, 0.4) is 0 Å². The Morgan fingerprint density at radius 2 is 1.05 bits per heavy atom. The number of aliphatic imine (C=N–C) groups is 2. The molecule has 1 spiro atoms. The molecule has 300 valence electrons. The van der Waals surface area contributed by atoms with Crippen LogP contribution < -0.4 is 10.2 Å². The van der Waals surface area contributed by atoms with Crippen LogP contribution in [0, 0.1) is 0 Å². The summed E-state index contributed by atoms with van der Waals surface area (Å²) >= 11 is 0. The Hall–Kier alpha value is -8.41. The lowest BCUT2D eigenvalue weighted by atomic mass is 9.64. The fourth-order valence-corrected chi connectivity index (χ4v) is 10.6. The Kier molecular flexibility index (Phi) is 8.12. The molecule has 0 saturated heterocycles. The number of benzene rings is 9. The third-order valence-corrected chi connectivity index (χ3v) is 13.3. The lowest BCUT2D eigenvalue weighted by Gasteiger charge is -2.45. The Morgan fingerprint density at radius 3 is 1.81 bits per heavy atom.